The van der Waals surface area contributed by atoms with Crippen LogP contribution in [0.2, 0.25) is 10.0 Å². The Labute approximate surface area is 110 Å². The highest BCUT2D eigenvalue weighted by molar-refractivity contribution is 6.44. The first-order valence-corrected chi connectivity index (χ1v) is 6.39. The topological polar surface area (TPSA) is 55.1 Å². The summed E-state index contributed by atoms with van der Waals surface area (Å²) in [6.07, 6.45) is 4.38. The highest BCUT2D eigenvalue weighted by atomic mass is 35.5. The molecular weight excluding hydrogens is 259 g/mol. The third-order valence-corrected chi connectivity index (χ3v) is 3.79. The fourth-order valence-corrected chi connectivity index (χ4v) is 2.53. The molecule has 1 aliphatic rings. The number of carbonyl (C=O) groups excluding carboxylic acids is 1. The Morgan fingerprint density at radius 1 is 1.29 bits per heavy atom. The maximum absolute atomic E-state index is 12.0. The molecule has 1 aromatic rings. The summed E-state index contributed by atoms with van der Waals surface area (Å²) in [6, 6.07) is 3.34. The van der Waals surface area contributed by atoms with Crippen molar-refractivity contribution < 1.29 is 4.79 Å². The summed E-state index contributed by atoms with van der Waals surface area (Å²) in [5.74, 6) is -0.198. The Morgan fingerprint density at radius 3 is 2.59 bits per heavy atom. The summed E-state index contributed by atoms with van der Waals surface area (Å²) in [6.45, 7) is 0. The van der Waals surface area contributed by atoms with Gasteiger partial charge in [-0.2, -0.15) is 0 Å². The minimum Gasteiger partial charge on any atom is -0.399 e. The number of nitrogens with two attached hydrogens (primary N) is 1. The van der Waals surface area contributed by atoms with Crippen molar-refractivity contribution in [1.29, 1.82) is 0 Å². The van der Waals surface area contributed by atoms with Crippen molar-refractivity contribution in [3.63, 3.8) is 0 Å². The van der Waals surface area contributed by atoms with E-state index in [1.165, 1.54) is 6.07 Å². The fraction of sp³-hybridized carbons (Fsp3) is 0.417. The predicted octanol–water partition coefficient (Wildman–Crippen LogP) is 3.25. The van der Waals surface area contributed by atoms with Gasteiger partial charge in [0.25, 0.3) is 5.91 Å². The molecule has 1 aliphatic carbocycles. The molecule has 0 aromatic heterocycles. The monoisotopic (exact) mass is 272 g/mol. The van der Waals surface area contributed by atoms with E-state index >= 15 is 0 Å². The number of benzene rings is 1. The van der Waals surface area contributed by atoms with Gasteiger partial charge in [-0.15, -0.1) is 0 Å². The minimum atomic E-state index is -0.198. The number of hydrogen-bond donors (Lipinski definition) is 2. The van der Waals surface area contributed by atoms with Gasteiger partial charge in [0, 0.05) is 11.7 Å². The van der Waals surface area contributed by atoms with Crippen LogP contribution in [0.3, 0.4) is 0 Å². The lowest BCUT2D eigenvalue weighted by atomic mass is 10.1. The third-order valence-electron chi connectivity index (χ3n) is 2.99. The SMILES string of the molecule is Nc1cc(Cl)c(Cl)c(C(=O)NC2CCCC2)c1. The first-order valence-electron chi connectivity index (χ1n) is 5.63. The standard InChI is InChI=1S/C12H14Cl2N2O/c13-10-6-7(15)5-9(11(10)14)12(17)16-8-3-1-2-4-8/h5-6,8H,1-4,15H2,(H,16,17). The Hall–Kier alpha value is -0.930. The van der Waals surface area contributed by atoms with Crippen LogP contribution in [0.15, 0.2) is 12.1 Å². The summed E-state index contributed by atoms with van der Waals surface area (Å²) in [5.41, 5.74) is 6.44. The molecule has 17 heavy (non-hydrogen) atoms. The maximum Gasteiger partial charge on any atom is 0.253 e. The number of nitrogens with one attached hydrogen (secondary N) is 1. The van der Waals surface area contributed by atoms with E-state index in [-0.39, 0.29) is 17.0 Å². The van der Waals surface area contributed by atoms with Crippen molar-refractivity contribution in [2.24, 2.45) is 0 Å². The van der Waals surface area contributed by atoms with Gasteiger partial charge in [0.05, 0.1) is 15.6 Å². The quantitative estimate of drug-likeness (QED) is 0.813. The van der Waals surface area contributed by atoms with Crippen LogP contribution < -0.4 is 11.1 Å². The van der Waals surface area contributed by atoms with E-state index in [9.17, 15) is 4.79 Å². The van der Waals surface area contributed by atoms with Gasteiger partial charge >= 0.3 is 0 Å². The first kappa shape index (κ1) is 12.5. The molecule has 0 spiro atoms. The van der Waals surface area contributed by atoms with E-state index in [0.717, 1.165) is 25.7 Å². The molecule has 92 valence electrons. The van der Waals surface area contributed by atoms with Crippen LogP contribution in [0.1, 0.15) is 36.0 Å². The second-order valence-corrected chi connectivity index (χ2v) is 5.10. The molecule has 0 atom stereocenters. The Morgan fingerprint density at radius 2 is 1.94 bits per heavy atom. The van der Waals surface area contributed by atoms with Crippen LogP contribution in [-0.2, 0) is 0 Å². The molecule has 0 aliphatic heterocycles. The zero-order valence-electron chi connectivity index (χ0n) is 9.30. The molecule has 0 heterocycles. The summed E-state index contributed by atoms with van der Waals surface area (Å²) in [4.78, 5) is 12.0. The van der Waals surface area contributed by atoms with Gasteiger partial charge in [0.15, 0.2) is 0 Å². The summed E-state index contributed by atoms with van der Waals surface area (Å²) < 4.78 is 0. The van der Waals surface area contributed by atoms with Crippen LogP contribution >= 0.6 is 23.2 Å². The van der Waals surface area contributed by atoms with Gasteiger partial charge in [0.1, 0.15) is 0 Å². The van der Waals surface area contributed by atoms with Gasteiger partial charge in [-0.05, 0) is 25.0 Å². The van der Waals surface area contributed by atoms with Crippen LogP contribution in [0.5, 0.6) is 0 Å². The average Bonchev–Trinajstić information content (AvgIpc) is 2.76. The molecule has 2 rings (SSSR count). The first-order chi connectivity index (χ1) is 8.08. The van der Waals surface area contributed by atoms with Crippen LogP contribution in [0.25, 0.3) is 0 Å². The number of nitrogen functional groups attached to an aromatic ring is 1. The lowest BCUT2D eigenvalue weighted by Gasteiger charge is -2.13. The molecule has 3 nitrogen and oxygen atoms in total. The van der Waals surface area contributed by atoms with E-state index in [2.05, 4.69) is 5.32 Å². The second-order valence-electron chi connectivity index (χ2n) is 4.32. The van der Waals surface area contributed by atoms with Crippen molar-refractivity contribution in [3.05, 3.63) is 27.7 Å². The normalized spacial score (nSPS) is 16.1. The molecule has 3 N–H and O–H groups in total. The highest BCUT2D eigenvalue weighted by Gasteiger charge is 2.20. The van der Waals surface area contributed by atoms with E-state index in [4.69, 9.17) is 28.9 Å². The number of carbonyl (C=O) groups is 1. The highest BCUT2D eigenvalue weighted by Crippen LogP contribution is 2.29. The third kappa shape index (κ3) is 2.85. The lowest BCUT2D eigenvalue weighted by Crippen LogP contribution is -2.32. The molecule has 1 aromatic carbocycles. The van der Waals surface area contributed by atoms with Gasteiger partial charge in [-0.1, -0.05) is 36.0 Å². The van der Waals surface area contributed by atoms with Crippen molar-refractivity contribution >= 4 is 34.8 Å². The molecule has 1 saturated carbocycles. The Kier molecular flexibility index (Phi) is 3.79. The minimum absolute atomic E-state index is 0.198. The molecule has 1 amide bonds. The van der Waals surface area contributed by atoms with Crippen molar-refractivity contribution in [1.82, 2.24) is 5.32 Å². The molecule has 5 heteroatoms. The van der Waals surface area contributed by atoms with E-state index in [1.807, 2.05) is 0 Å². The fourth-order valence-electron chi connectivity index (χ4n) is 2.11. The number of halogens is 2. The maximum atomic E-state index is 12.0. The largest absolute Gasteiger partial charge is 0.399 e. The van der Waals surface area contributed by atoms with Gasteiger partial charge in [-0.25, -0.2) is 0 Å². The van der Waals surface area contributed by atoms with Crippen molar-refractivity contribution in [2.45, 2.75) is 31.7 Å². The number of anilines is 1. The number of rotatable bonds is 2. The molecule has 0 unspecified atom stereocenters. The van der Waals surface area contributed by atoms with E-state index in [1.54, 1.807) is 6.07 Å². The molecule has 0 saturated heterocycles. The molecule has 0 bridgehead atoms. The van der Waals surface area contributed by atoms with E-state index < -0.39 is 0 Å². The predicted molar refractivity (Wildman–Crippen MR) is 70.6 cm³/mol. The number of hydrogen-bond acceptors (Lipinski definition) is 2. The van der Waals surface area contributed by atoms with Crippen LogP contribution in [-0.4, -0.2) is 11.9 Å². The lowest BCUT2D eigenvalue weighted by molar-refractivity contribution is 0.0938. The van der Waals surface area contributed by atoms with E-state index in [0.29, 0.717) is 16.3 Å². The Bertz CT molecular complexity index is 442. The Balaban J connectivity index is 2.18. The van der Waals surface area contributed by atoms with Gasteiger partial charge in [-0.3, -0.25) is 4.79 Å². The number of amides is 1. The zero-order chi connectivity index (χ0) is 12.4. The molecule has 1 fully saturated rings. The van der Waals surface area contributed by atoms with Crippen molar-refractivity contribution in [3.8, 4) is 0 Å². The van der Waals surface area contributed by atoms with Crippen LogP contribution in [0, 0.1) is 0 Å². The zero-order valence-corrected chi connectivity index (χ0v) is 10.8. The summed E-state index contributed by atoms with van der Waals surface area (Å²) in [5, 5.41) is 3.52. The van der Waals surface area contributed by atoms with Gasteiger partial charge < -0.3 is 11.1 Å². The summed E-state index contributed by atoms with van der Waals surface area (Å²) in [7, 11) is 0. The molecule has 0 radical (unpaired) electrons. The van der Waals surface area contributed by atoms with Gasteiger partial charge in [0.2, 0.25) is 0 Å². The summed E-state index contributed by atoms with van der Waals surface area (Å²) >= 11 is 11.9. The molecular formula is C12H14Cl2N2O. The van der Waals surface area contributed by atoms with Crippen LogP contribution in [0.4, 0.5) is 5.69 Å². The smallest absolute Gasteiger partial charge is 0.253 e. The van der Waals surface area contributed by atoms with Crippen molar-refractivity contribution in [2.75, 3.05) is 5.73 Å². The average molecular weight is 273 g/mol. The second kappa shape index (κ2) is 5.15.